The van der Waals surface area contributed by atoms with Crippen LogP contribution < -0.4 is 25.8 Å². The Morgan fingerprint density at radius 1 is 1.09 bits per heavy atom. The number of nitrogens with zero attached hydrogens (tertiary/aromatic N) is 6. The molecule has 3 fully saturated rings. The minimum Gasteiger partial charge on any atom is -0.490 e. The highest BCUT2D eigenvalue weighted by Gasteiger charge is 2.44. The second kappa shape index (κ2) is 15.9. The Morgan fingerprint density at radius 3 is 2.47 bits per heavy atom. The summed E-state index contributed by atoms with van der Waals surface area (Å²) in [6, 6.07) is 7.12. The fraction of sp³-hybridized carbons (Fsp3) is 0.385. The van der Waals surface area contributed by atoms with E-state index < -0.39 is 51.8 Å². The maximum absolute atomic E-state index is 16.6. The van der Waals surface area contributed by atoms with Crippen molar-refractivity contribution in [1.82, 2.24) is 19.9 Å². The number of thiophene rings is 1. The van der Waals surface area contributed by atoms with Gasteiger partial charge in [-0.3, -0.25) is 4.90 Å². The number of pyridine rings is 1. The lowest BCUT2D eigenvalue weighted by Gasteiger charge is -2.24. The summed E-state index contributed by atoms with van der Waals surface area (Å²) in [5.41, 5.74) is 9.18. The molecule has 1 saturated carbocycles. The number of fused-ring (bicyclic) bond motifs is 2. The maximum atomic E-state index is 16.6. The van der Waals surface area contributed by atoms with Crippen molar-refractivity contribution in [2.45, 2.75) is 57.8 Å². The highest BCUT2D eigenvalue weighted by molar-refractivity contribution is 7.23. The number of aromatic nitrogens is 3. The van der Waals surface area contributed by atoms with Crippen LogP contribution in [0.4, 0.5) is 47.4 Å². The van der Waals surface area contributed by atoms with Crippen molar-refractivity contribution < 1.29 is 40.2 Å². The number of anilines is 3. The highest BCUT2D eigenvalue weighted by Crippen LogP contribution is 2.53. The van der Waals surface area contributed by atoms with Gasteiger partial charge in [-0.05, 0) is 49.4 Å². The summed E-state index contributed by atoms with van der Waals surface area (Å²) in [4.78, 5) is 16.1. The molecule has 10 nitrogen and oxygen atoms in total. The molecule has 4 aliphatic rings. The summed E-state index contributed by atoms with van der Waals surface area (Å²) in [7, 11) is 1.23. The Hall–Kier alpha value is -5.41. The third-order valence-electron chi connectivity index (χ3n) is 10.4. The van der Waals surface area contributed by atoms with Gasteiger partial charge in [-0.25, -0.2) is 13.8 Å². The lowest BCUT2D eigenvalue weighted by atomic mass is 9.91. The fourth-order valence-electron chi connectivity index (χ4n) is 7.30. The van der Waals surface area contributed by atoms with E-state index in [4.69, 9.17) is 20.9 Å². The Morgan fingerprint density at radius 2 is 1.84 bits per heavy atom. The molecule has 2 aromatic carbocycles. The first-order valence-corrected chi connectivity index (χ1v) is 19.0. The molecule has 0 spiro atoms. The highest BCUT2D eigenvalue weighted by atomic mass is 32.1. The smallest absolute Gasteiger partial charge is 0.420 e. The van der Waals surface area contributed by atoms with E-state index in [1.54, 1.807) is 23.1 Å². The molecule has 9 rings (SSSR count). The molecule has 2 saturated heterocycles. The van der Waals surface area contributed by atoms with Gasteiger partial charge >= 0.3 is 12.2 Å². The van der Waals surface area contributed by atoms with Gasteiger partial charge in [-0.15, -0.1) is 11.3 Å². The van der Waals surface area contributed by atoms with E-state index in [2.05, 4.69) is 26.8 Å². The van der Waals surface area contributed by atoms with E-state index in [9.17, 15) is 31.6 Å². The molecule has 5 aromatic rings. The van der Waals surface area contributed by atoms with Crippen LogP contribution in [0.3, 0.4) is 0 Å². The second-order valence-electron chi connectivity index (χ2n) is 14.2. The largest absolute Gasteiger partial charge is 0.490 e. The minimum atomic E-state index is -5.17. The third kappa shape index (κ3) is 7.82. The van der Waals surface area contributed by atoms with Crippen LogP contribution >= 0.6 is 11.3 Å². The Labute approximate surface area is 326 Å². The van der Waals surface area contributed by atoms with Crippen LogP contribution in [0.25, 0.3) is 32.1 Å². The number of nitrogens with two attached hydrogens (primary N) is 2. The molecule has 0 bridgehead atoms. The molecule has 3 aliphatic heterocycles. The standard InChI is InChI=1S/C27H18F5N7O2S.C8H11F2N.C4H8/c1-40-26-37-20-17-21(41-8-7-39(25(17)38-26)10-11-3-2-6-36-23(11)34)18(27(30,31)32)16(19(20)29)12-4-5-14(28)22-15(12)13(9-33)24(35)42-22;9-8(10)6-4-7-2-1-3-11(7)5-6;1-4-2-3-4/h2-6H,7-8,10,35H2,1H3,(H2,34,36);7H,1-5H2;4H,2-3H2,1H3. The summed E-state index contributed by atoms with van der Waals surface area (Å²) in [6.45, 7) is 3.65. The number of hydrogen-bond acceptors (Lipinski definition) is 11. The molecular formula is C39H37F7N8O2S. The van der Waals surface area contributed by atoms with E-state index in [0.717, 1.165) is 31.0 Å². The predicted octanol–water partition coefficient (Wildman–Crippen LogP) is 9.07. The first-order valence-electron chi connectivity index (χ1n) is 18.1. The second-order valence-corrected chi connectivity index (χ2v) is 15.3. The lowest BCUT2D eigenvalue weighted by molar-refractivity contribution is -0.138. The van der Waals surface area contributed by atoms with Crippen molar-refractivity contribution in [3.8, 4) is 29.0 Å². The molecule has 0 amide bonds. The summed E-state index contributed by atoms with van der Waals surface area (Å²) in [5.74, 6) is -1.73. The number of nitriles is 1. The van der Waals surface area contributed by atoms with Crippen molar-refractivity contribution in [2.24, 2.45) is 5.92 Å². The van der Waals surface area contributed by atoms with Gasteiger partial charge in [0.1, 0.15) is 52.0 Å². The van der Waals surface area contributed by atoms with Gasteiger partial charge in [0.05, 0.1) is 29.3 Å². The van der Waals surface area contributed by atoms with Crippen LogP contribution in [0.15, 0.2) is 42.1 Å². The SMILES string of the molecule is CC1CC1.COc1nc2c3c(c(C(F)(F)F)c(-c4ccc(F)c5sc(N)c(C#N)c45)c(F)c3n1)OCCN2Cc1cccnc1N.FC(F)=C1CC2CCCN2C1. The first kappa shape index (κ1) is 39.8. The molecule has 1 atom stereocenters. The van der Waals surface area contributed by atoms with E-state index in [1.165, 1.54) is 32.6 Å². The Bertz CT molecular complexity index is 2410. The normalized spacial score (nSPS) is 17.6. The summed E-state index contributed by atoms with van der Waals surface area (Å²) < 4.78 is 111. The zero-order valence-electron chi connectivity index (χ0n) is 30.8. The van der Waals surface area contributed by atoms with E-state index in [-0.39, 0.29) is 63.4 Å². The Balaban J connectivity index is 0.000000273. The van der Waals surface area contributed by atoms with Crippen molar-refractivity contribution in [3.05, 3.63) is 70.4 Å². The van der Waals surface area contributed by atoms with Gasteiger partial charge in [0.25, 0.3) is 6.08 Å². The lowest BCUT2D eigenvalue weighted by Crippen LogP contribution is -2.28. The average Bonchev–Trinajstić information content (AvgIpc) is 3.53. The van der Waals surface area contributed by atoms with Crippen LogP contribution in [0.5, 0.6) is 11.8 Å². The van der Waals surface area contributed by atoms with E-state index in [1.807, 2.05) is 0 Å². The topological polar surface area (TPSA) is 139 Å². The molecular weight excluding hydrogens is 778 g/mol. The molecule has 3 aromatic heterocycles. The van der Waals surface area contributed by atoms with Crippen molar-refractivity contribution in [1.29, 1.82) is 5.26 Å². The summed E-state index contributed by atoms with van der Waals surface area (Å²) >= 11 is 0.675. The van der Waals surface area contributed by atoms with Crippen LogP contribution in [0, 0.1) is 28.9 Å². The molecule has 57 heavy (non-hydrogen) atoms. The maximum Gasteiger partial charge on any atom is 0.420 e. The van der Waals surface area contributed by atoms with Crippen molar-refractivity contribution >= 4 is 49.0 Å². The van der Waals surface area contributed by atoms with E-state index in [0.29, 0.717) is 41.5 Å². The number of halogens is 7. The quantitative estimate of drug-likeness (QED) is 0.169. The molecule has 18 heteroatoms. The third-order valence-corrected chi connectivity index (χ3v) is 11.4. The molecule has 300 valence electrons. The van der Waals surface area contributed by atoms with Crippen LogP contribution in [0.1, 0.15) is 55.7 Å². The van der Waals surface area contributed by atoms with Gasteiger partial charge < -0.3 is 25.8 Å². The van der Waals surface area contributed by atoms with Crippen LogP contribution in [-0.2, 0) is 12.7 Å². The van der Waals surface area contributed by atoms with Gasteiger partial charge in [-0.2, -0.15) is 37.2 Å². The van der Waals surface area contributed by atoms with Crippen molar-refractivity contribution in [2.75, 3.05) is 49.7 Å². The number of benzene rings is 2. The predicted molar refractivity (Wildman–Crippen MR) is 203 cm³/mol. The molecule has 4 N–H and O–H groups in total. The monoisotopic (exact) mass is 814 g/mol. The number of nitrogen functional groups attached to an aromatic ring is 2. The van der Waals surface area contributed by atoms with E-state index >= 15 is 4.39 Å². The van der Waals surface area contributed by atoms with Gasteiger partial charge in [0, 0.05) is 47.4 Å². The molecule has 6 heterocycles. The molecule has 1 aliphatic carbocycles. The average molecular weight is 815 g/mol. The number of rotatable bonds is 4. The van der Waals surface area contributed by atoms with Crippen molar-refractivity contribution in [3.63, 3.8) is 0 Å². The zero-order valence-corrected chi connectivity index (χ0v) is 31.6. The Kier molecular flexibility index (Phi) is 11.1. The minimum absolute atomic E-state index is 0.0347. The van der Waals surface area contributed by atoms with Gasteiger partial charge in [0.2, 0.25) is 0 Å². The number of alkyl halides is 3. The number of hydrogen-bond donors (Lipinski definition) is 2. The summed E-state index contributed by atoms with van der Waals surface area (Å²) in [5, 5.41) is 9.00. The van der Waals surface area contributed by atoms with Gasteiger partial charge in [-0.1, -0.05) is 31.9 Å². The molecule has 0 radical (unpaired) electrons. The molecule has 1 unspecified atom stereocenters. The van der Waals surface area contributed by atoms with Crippen LogP contribution in [0.2, 0.25) is 0 Å². The fourth-order valence-corrected chi connectivity index (χ4v) is 8.25. The van der Waals surface area contributed by atoms with Crippen LogP contribution in [-0.4, -0.2) is 59.2 Å². The first-order chi connectivity index (χ1) is 27.2. The van der Waals surface area contributed by atoms with Gasteiger partial charge in [0.15, 0.2) is 5.82 Å². The number of ether oxygens (including phenoxy) is 2. The zero-order chi connectivity index (χ0) is 40.8. The summed E-state index contributed by atoms with van der Waals surface area (Å²) in [6.07, 6.45) is 0.753. The number of methoxy groups -OCH3 is 1.